The number of benzene rings is 1. The molecule has 0 aliphatic heterocycles. The third-order valence-corrected chi connectivity index (χ3v) is 2.52. The van der Waals surface area contributed by atoms with E-state index in [0.29, 0.717) is 12.1 Å². The molecule has 0 atom stereocenters. The van der Waals surface area contributed by atoms with Crippen LogP contribution in [0.2, 0.25) is 0 Å². The van der Waals surface area contributed by atoms with Crippen LogP contribution in [0.4, 0.5) is 0 Å². The van der Waals surface area contributed by atoms with Gasteiger partial charge in [-0.25, -0.2) is 0 Å². The SMILES string of the molecule is CCN(CC(=O)OC)C(=O)c1ccc(C)cc1. The summed E-state index contributed by atoms with van der Waals surface area (Å²) in [5.74, 6) is -0.565. The zero-order valence-electron chi connectivity index (χ0n) is 10.4. The van der Waals surface area contributed by atoms with Crippen LogP contribution in [-0.4, -0.2) is 37.0 Å². The molecule has 1 rings (SSSR count). The molecule has 0 aliphatic carbocycles. The van der Waals surface area contributed by atoms with E-state index < -0.39 is 5.97 Å². The Labute approximate surface area is 101 Å². The van der Waals surface area contributed by atoms with Crippen LogP contribution in [0, 0.1) is 6.92 Å². The van der Waals surface area contributed by atoms with Crippen LogP contribution in [-0.2, 0) is 9.53 Å². The van der Waals surface area contributed by atoms with Crippen molar-refractivity contribution in [3.63, 3.8) is 0 Å². The summed E-state index contributed by atoms with van der Waals surface area (Å²) in [6, 6.07) is 7.27. The molecular weight excluding hydrogens is 218 g/mol. The highest BCUT2D eigenvalue weighted by Crippen LogP contribution is 2.07. The van der Waals surface area contributed by atoms with Gasteiger partial charge in [0.25, 0.3) is 5.91 Å². The predicted octanol–water partition coefficient (Wildman–Crippen LogP) is 1.63. The van der Waals surface area contributed by atoms with Gasteiger partial charge in [-0.3, -0.25) is 9.59 Å². The maximum atomic E-state index is 12.1. The van der Waals surface area contributed by atoms with E-state index in [2.05, 4.69) is 4.74 Å². The second kappa shape index (κ2) is 6.03. The van der Waals surface area contributed by atoms with Gasteiger partial charge in [-0.05, 0) is 26.0 Å². The van der Waals surface area contributed by atoms with E-state index in [-0.39, 0.29) is 12.5 Å². The molecule has 0 spiro atoms. The Hall–Kier alpha value is -1.84. The first kappa shape index (κ1) is 13.2. The van der Waals surface area contributed by atoms with E-state index in [0.717, 1.165) is 5.56 Å². The first-order valence-corrected chi connectivity index (χ1v) is 5.51. The molecule has 0 N–H and O–H groups in total. The molecule has 0 unspecified atom stereocenters. The molecule has 0 radical (unpaired) electrons. The van der Waals surface area contributed by atoms with E-state index in [1.807, 2.05) is 26.0 Å². The van der Waals surface area contributed by atoms with Crippen LogP contribution in [0.5, 0.6) is 0 Å². The quantitative estimate of drug-likeness (QED) is 0.745. The van der Waals surface area contributed by atoms with Gasteiger partial charge in [-0.2, -0.15) is 0 Å². The van der Waals surface area contributed by atoms with Crippen molar-refractivity contribution in [3.8, 4) is 0 Å². The zero-order valence-corrected chi connectivity index (χ0v) is 10.4. The van der Waals surface area contributed by atoms with Gasteiger partial charge in [0.05, 0.1) is 7.11 Å². The minimum atomic E-state index is -0.410. The van der Waals surface area contributed by atoms with E-state index in [1.54, 1.807) is 12.1 Å². The van der Waals surface area contributed by atoms with Crippen LogP contribution in [0.1, 0.15) is 22.8 Å². The third-order valence-electron chi connectivity index (χ3n) is 2.52. The Morgan fingerprint density at radius 1 is 1.24 bits per heavy atom. The predicted molar refractivity (Wildman–Crippen MR) is 64.8 cm³/mol. The molecule has 0 aliphatic rings. The van der Waals surface area contributed by atoms with Crippen molar-refractivity contribution in [2.45, 2.75) is 13.8 Å². The fourth-order valence-corrected chi connectivity index (χ4v) is 1.43. The number of carbonyl (C=O) groups excluding carboxylic acids is 2. The molecule has 0 aromatic heterocycles. The first-order chi connectivity index (χ1) is 8.08. The lowest BCUT2D eigenvalue weighted by Crippen LogP contribution is -2.36. The largest absolute Gasteiger partial charge is 0.468 e. The summed E-state index contributed by atoms with van der Waals surface area (Å²) >= 11 is 0. The minimum Gasteiger partial charge on any atom is -0.468 e. The van der Waals surface area contributed by atoms with Gasteiger partial charge in [-0.15, -0.1) is 0 Å². The van der Waals surface area contributed by atoms with Gasteiger partial charge in [0, 0.05) is 12.1 Å². The van der Waals surface area contributed by atoms with Crippen molar-refractivity contribution in [2.75, 3.05) is 20.2 Å². The summed E-state index contributed by atoms with van der Waals surface area (Å²) in [5.41, 5.74) is 1.68. The zero-order chi connectivity index (χ0) is 12.8. The number of rotatable bonds is 4. The Kier molecular flexibility index (Phi) is 4.69. The van der Waals surface area contributed by atoms with Gasteiger partial charge in [0.2, 0.25) is 0 Å². The van der Waals surface area contributed by atoms with E-state index in [1.165, 1.54) is 12.0 Å². The Bertz CT molecular complexity index is 398. The van der Waals surface area contributed by atoms with Crippen molar-refractivity contribution in [3.05, 3.63) is 35.4 Å². The molecule has 0 bridgehead atoms. The number of hydrogen-bond donors (Lipinski definition) is 0. The lowest BCUT2D eigenvalue weighted by Gasteiger charge is -2.19. The number of ether oxygens (including phenoxy) is 1. The normalized spacial score (nSPS) is 9.82. The monoisotopic (exact) mass is 235 g/mol. The van der Waals surface area contributed by atoms with Crippen molar-refractivity contribution in [2.24, 2.45) is 0 Å². The summed E-state index contributed by atoms with van der Waals surface area (Å²) < 4.78 is 4.55. The van der Waals surface area contributed by atoms with Crippen molar-refractivity contribution in [1.82, 2.24) is 4.90 Å². The van der Waals surface area contributed by atoms with Gasteiger partial charge in [0.15, 0.2) is 0 Å². The molecule has 4 nitrogen and oxygen atoms in total. The Morgan fingerprint density at radius 3 is 2.29 bits per heavy atom. The second-order valence-corrected chi connectivity index (χ2v) is 3.76. The lowest BCUT2D eigenvalue weighted by molar-refractivity contribution is -0.141. The highest BCUT2D eigenvalue weighted by molar-refractivity contribution is 5.95. The van der Waals surface area contributed by atoms with Gasteiger partial charge < -0.3 is 9.64 Å². The van der Waals surface area contributed by atoms with Crippen LogP contribution in [0.15, 0.2) is 24.3 Å². The summed E-state index contributed by atoms with van der Waals surface area (Å²) in [4.78, 5) is 24.7. The van der Waals surface area contributed by atoms with E-state index >= 15 is 0 Å². The number of hydrogen-bond acceptors (Lipinski definition) is 3. The van der Waals surface area contributed by atoms with Crippen molar-refractivity contribution < 1.29 is 14.3 Å². The lowest BCUT2D eigenvalue weighted by atomic mass is 10.1. The van der Waals surface area contributed by atoms with Gasteiger partial charge in [0.1, 0.15) is 6.54 Å². The molecular formula is C13H17NO3. The van der Waals surface area contributed by atoms with Crippen molar-refractivity contribution in [1.29, 1.82) is 0 Å². The average molecular weight is 235 g/mol. The summed E-state index contributed by atoms with van der Waals surface area (Å²) in [6.07, 6.45) is 0. The molecule has 92 valence electrons. The molecule has 0 saturated carbocycles. The summed E-state index contributed by atoms with van der Waals surface area (Å²) in [6.45, 7) is 4.25. The highest BCUT2D eigenvalue weighted by Gasteiger charge is 2.17. The highest BCUT2D eigenvalue weighted by atomic mass is 16.5. The average Bonchev–Trinajstić information content (AvgIpc) is 2.35. The maximum absolute atomic E-state index is 12.1. The molecule has 1 amide bonds. The number of methoxy groups -OCH3 is 1. The fourth-order valence-electron chi connectivity index (χ4n) is 1.43. The number of likely N-dealkylation sites (N-methyl/N-ethyl adjacent to an activating group) is 1. The van der Waals surface area contributed by atoms with Gasteiger partial charge >= 0.3 is 5.97 Å². The number of aryl methyl sites for hydroxylation is 1. The molecule has 4 heteroatoms. The standard InChI is InChI=1S/C13H17NO3/c1-4-14(9-12(15)17-3)13(16)11-7-5-10(2)6-8-11/h5-8H,4,9H2,1-3H3. The topological polar surface area (TPSA) is 46.6 Å². The van der Waals surface area contributed by atoms with Gasteiger partial charge in [-0.1, -0.05) is 17.7 Å². The van der Waals surface area contributed by atoms with Crippen LogP contribution in [0.25, 0.3) is 0 Å². The molecule has 0 fully saturated rings. The molecule has 0 saturated heterocycles. The van der Waals surface area contributed by atoms with Crippen molar-refractivity contribution >= 4 is 11.9 Å². The molecule has 0 heterocycles. The molecule has 17 heavy (non-hydrogen) atoms. The minimum absolute atomic E-state index is 0.0142. The smallest absolute Gasteiger partial charge is 0.325 e. The second-order valence-electron chi connectivity index (χ2n) is 3.76. The number of esters is 1. The summed E-state index contributed by atoms with van der Waals surface area (Å²) in [5, 5.41) is 0. The first-order valence-electron chi connectivity index (χ1n) is 5.51. The van der Waals surface area contributed by atoms with Crippen LogP contribution >= 0.6 is 0 Å². The summed E-state index contributed by atoms with van der Waals surface area (Å²) in [7, 11) is 1.31. The van der Waals surface area contributed by atoms with Crippen LogP contribution in [0.3, 0.4) is 0 Å². The Balaban J connectivity index is 2.78. The Morgan fingerprint density at radius 2 is 1.82 bits per heavy atom. The number of nitrogens with zero attached hydrogens (tertiary/aromatic N) is 1. The maximum Gasteiger partial charge on any atom is 0.325 e. The number of carbonyl (C=O) groups is 2. The van der Waals surface area contributed by atoms with Crippen LogP contribution < -0.4 is 0 Å². The third kappa shape index (κ3) is 3.59. The van der Waals surface area contributed by atoms with E-state index in [4.69, 9.17) is 0 Å². The fraction of sp³-hybridized carbons (Fsp3) is 0.385. The molecule has 1 aromatic carbocycles. The number of amides is 1. The van der Waals surface area contributed by atoms with E-state index in [9.17, 15) is 9.59 Å². The molecule has 1 aromatic rings.